The topological polar surface area (TPSA) is 43.4 Å². The molecule has 0 saturated carbocycles. The lowest BCUT2D eigenvalue weighted by molar-refractivity contribution is 0.192. The Labute approximate surface area is 99.8 Å². The minimum Gasteiger partial charge on any atom is -0.490 e. The zero-order chi connectivity index (χ0) is 11.8. The van der Waals surface area contributed by atoms with Gasteiger partial charge < -0.3 is 4.74 Å². The van der Waals surface area contributed by atoms with E-state index in [-0.39, 0.29) is 11.9 Å². The van der Waals surface area contributed by atoms with Crippen LogP contribution in [0.25, 0.3) is 0 Å². The second-order valence-electron chi connectivity index (χ2n) is 4.04. The molecule has 0 amide bonds. The molecule has 16 heavy (non-hydrogen) atoms. The third kappa shape index (κ3) is 2.68. The summed E-state index contributed by atoms with van der Waals surface area (Å²) >= 11 is 0. The molecule has 0 aliphatic carbocycles. The van der Waals surface area contributed by atoms with Gasteiger partial charge in [0.05, 0.1) is 11.9 Å². The normalized spacial score (nSPS) is 20.0. The lowest BCUT2D eigenvalue weighted by Crippen LogP contribution is -2.20. The van der Waals surface area contributed by atoms with Crippen LogP contribution in [0.2, 0.25) is 0 Å². The molecule has 0 spiro atoms. The highest BCUT2D eigenvalue weighted by atomic mass is 35.7. The standard InChI is InChI=1S/C11H13ClO3S/c1-8-5-6-10-9(7-16(12,13)14)3-2-4-11(10)15-8/h2-4,8H,5-7H2,1H3. The Morgan fingerprint density at radius 3 is 2.94 bits per heavy atom. The Hall–Kier alpha value is -0.740. The van der Waals surface area contributed by atoms with Gasteiger partial charge in [-0.25, -0.2) is 8.42 Å². The van der Waals surface area contributed by atoms with Gasteiger partial charge in [-0.3, -0.25) is 0 Å². The van der Waals surface area contributed by atoms with Crippen LogP contribution in [0, 0.1) is 0 Å². The summed E-state index contributed by atoms with van der Waals surface area (Å²) in [5.41, 5.74) is 1.73. The van der Waals surface area contributed by atoms with Crippen LogP contribution in [-0.2, 0) is 21.2 Å². The van der Waals surface area contributed by atoms with Crippen LogP contribution in [0.5, 0.6) is 5.75 Å². The van der Waals surface area contributed by atoms with Crippen molar-refractivity contribution >= 4 is 19.7 Å². The van der Waals surface area contributed by atoms with Crippen molar-refractivity contribution in [1.82, 2.24) is 0 Å². The highest BCUT2D eigenvalue weighted by molar-refractivity contribution is 8.13. The number of hydrogen-bond acceptors (Lipinski definition) is 3. The Kier molecular flexibility index (Phi) is 3.13. The third-order valence-electron chi connectivity index (χ3n) is 2.69. The van der Waals surface area contributed by atoms with E-state index < -0.39 is 9.05 Å². The molecular formula is C11H13ClO3S. The van der Waals surface area contributed by atoms with Gasteiger partial charge in [0, 0.05) is 10.7 Å². The number of fused-ring (bicyclic) bond motifs is 1. The predicted molar refractivity (Wildman–Crippen MR) is 63.3 cm³/mol. The van der Waals surface area contributed by atoms with Crippen LogP contribution in [0.1, 0.15) is 24.5 Å². The van der Waals surface area contributed by atoms with Gasteiger partial charge in [-0.05, 0) is 37.0 Å². The van der Waals surface area contributed by atoms with Gasteiger partial charge in [0.25, 0.3) is 0 Å². The largest absolute Gasteiger partial charge is 0.490 e. The van der Waals surface area contributed by atoms with E-state index >= 15 is 0 Å². The summed E-state index contributed by atoms with van der Waals surface area (Å²) in [5, 5.41) is 0. The monoisotopic (exact) mass is 260 g/mol. The highest BCUT2D eigenvalue weighted by Gasteiger charge is 2.20. The fourth-order valence-corrected chi connectivity index (χ4v) is 2.94. The molecule has 1 aliphatic rings. The number of halogens is 1. The molecule has 1 aliphatic heterocycles. The third-order valence-corrected chi connectivity index (χ3v) is 3.67. The molecule has 1 atom stereocenters. The fourth-order valence-electron chi connectivity index (χ4n) is 1.95. The van der Waals surface area contributed by atoms with E-state index in [4.69, 9.17) is 15.4 Å². The first-order valence-corrected chi connectivity index (χ1v) is 7.63. The minimum absolute atomic E-state index is 0.129. The lowest BCUT2D eigenvalue weighted by atomic mass is 9.98. The summed E-state index contributed by atoms with van der Waals surface area (Å²) in [6, 6.07) is 5.46. The molecule has 0 bridgehead atoms. The van der Waals surface area contributed by atoms with Gasteiger partial charge in [-0.15, -0.1) is 0 Å². The summed E-state index contributed by atoms with van der Waals surface area (Å²) in [6.45, 7) is 2.01. The lowest BCUT2D eigenvalue weighted by Gasteiger charge is -2.24. The molecule has 0 fully saturated rings. The van der Waals surface area contributed by atoms with Crippen LogP contribution in [0.3, 0.4) is 0 Å². The maximum absolute atomic E-state index is 11.1. The summed E-state index contributed by atoms with van der Waals surface area (Å²) in [4.78, 5) is 0. The van der Waals surface area contributed by atoms with Crippen LogP contribution >= 0.6 is 10.7 Å². The van der Waals surface area contributed by atoms with E-state index in [2.05, 4.69) is 0 Å². The number of benzene rings is 1. The first-order valence-electron chi connectivity index (χ1n) is 5.15. The molecule has 0 N–H and O–H groups in total. The molecule has 88 valence electrons. The van der Waals surface area contributed by atoms with Crippen molar-refractivity contribution in [3.63, 3.8) is 0 Å². The summed E-state index contributed by atoms with van der Waals surface area (Å²) in [6.07, 6.45) is 1.95. The van der Waals surface area contributed by atoms with Gasteiger partial charge >= 0.3 is 0 Å². The molecule has 2 rings (SSSR count). The summed E-state index contributed by atoms with van der Waals surface area (Å²) < 4.78 is 27.8. The molecule has 1 unspecified atom stereocenters. The molecular weight excluding hydrogens is 248 g/mol. The fraction of sp³-hybridized carbons (Fsp3) is 0.455. The van der Waals surface area contributed by atoms with Crippen molar-refractivity contribution < 1.29 is 13.2 Å². The van der Waals surface area contributed by atoms with Gasteiger partial charge in [0.15, 0.2) is 0 Å². The van der Waals surface area contributed by atoms with Crippen molar-refractivity contribution in [3.8, 4) is 5.75 Å². The van der Waals surface area contributed by atoms with Crippen molar-refractivity contribution in [2.24, 2.45) is 0 Å². The quantitative estimate of drug-likeness (QED) is 0.768. The van der Waals surface area contributed by atoms with Crippen LogP contribution in [0.15, 0.2) is 18.2 Å². The van der Waals surface area contributed by atoms with E-state index in [0.29, 0.717) is 0 Å². The van der Waals surface area contributed by atoms with Crippen molar-refractivity contribution in [1.29, 1.82) is 0 Å². The van der Waals surface area contributed by atoms with Crippen molar-refractivity contribution in [2.45, 2.75) is 31.6 Å². The maximum atomic E-state index is 11.1. The van der Waals surface area contributed by atoms with Crippen LogP contribution in [0.4, 0.5) is 0 Å². The van der Waals surface area contributed by atoms with Gasteiger partial charge in [-0.2, -0.15) is 0 Å². The van der Waals surface area contributed by atoms with Crippen LogP contribution < -0.4 is 4.74 Å². The highest BCUT2D eigenvalue weighted by Crippen LogP contribution is 2.31. The van der Waals surface area contributed by atoms with Crippen molar-refractivity contribution in [3.05, 3.63) is 29.3 Å². The maximum Gasteiger partial charge on any atom is 0.236 e. The zero-order valence-corrected chi connectivity index (χ0v) is 10.5. The smallest absolute Gasteiger partial charge is 0.236 e. The molecule has 1 heterocycles. The molecule has 1 aromatic carbocycles. The average molecular weight is 261 g/mol. The second kappa shape index (κ2) is 4.26. The second-order valence-corrected chi connectivity index (χ2v) is 6.82. The molecule has 5 heteroatoms. The summed E-state index contributed by atoms with van der Waals surface area (Å²) in [5.74, 6) is 0.659. The Morgan fingerprint density at radius 2 is 2.25 bits per heavy atom. The first kappa shape index (κ1) is 11.7. The first-order chi connectivity index (χ1) is 7.46. The number of ether oxygens (including phenoxy) is 1. The average Bonchev–Trinajstić information content (AvgIpc) is 2.15. The van der Waals surface area contributed by atoms with E-state index in [1.807, 2.05) is 13.0 Å². The number of rotatable bonds is 2. The minimum atomic E-state index is -3.51. The Morgan fingerprint density at radius 1 is 1.50 bits per heavy atom. The predicted octanol–water partition coefficient (Wildman–Crippen LogP) is 2.47. The van der Waals surface area contributed by atoms with E-state index in [0.717, 1.165) is 29.7 Å². The van der Waals surface area contributed by atoms with Gasteiger partial charge in [-0.1, -0.05) is 12.1 Å². The number of hydrogen-bond donors (Lipinski definition) is 0. The van der Waals surface area contributed by atoms with Crippen molar-refractivity contribution in [2.75, 3.05) is 0 Å². The molecule has 3 nitrogen and oxygen atoms in total. The SMILES string of the molecule is CC1CCc2c(CS(=O)(=O)Cl)cccc2O1. The van der Waals surface area contributed by atoms with Crippen LogP contribution in [-0.4, -0.2) is 14.5 Å². The van der Waals surface area contributed by atoms with E-state index in [9.17, 15) is 8.42 Å². The Bertz CT molecular complexity index is 496. The zero-order valence-electron chi connectivity index (χ0n) is 8.94. The molecule has 0 radical (unpaired) electrons. The van der Waals surface area contributed by atoms with Gasteiger partial charge in [0.2, 0.25) is 9.05 Å². The molecule has 0 saturated heterocycles. The van der Waals surface area contributed by atoms with Gasteiger partial charge in [0.1, 0.15) is 5.75 Å². The molecule has 0 aromatic heterocycles. The van der Waals surface area contributed by atoms with E-state index in [1.165, 1.54) is 0 Å². The summed E-state index contributed by atoms with van der Waals surface area (Å²) in [7, 11) is 1.76. The van der Waals surface area contributed by atoms with E-state index in [1.54, 1.807) is 12.1 Å². The molecule has 1 aromatic rings. The Balaban J connectivity index is 2.37.